The Hall–Kier alpha value is -1.36. The minimum Gasteiger partial charge on any atom is -0.459 e. The van der Waals surface area contributed by atoms with Gasteiger partial charge in [0, 0.05) is 31.1 Å². The van der Waals surface area contributed by atoms with Gasteiger partial charge in [0.1, 0.15) is 11.3 Å². The molecule has 0 amide bonds. The average Bonchev–Trinajstić information content (AvgIpc) is 2.84. The summed E-state index contributed by atoms with van der Waals surface area (Å²) in [5.74, 6) is 1.01. The number of para-hydroxylation sites is 1. The number of fused-ring (bicyclic) bond motifs is 1. The Labute approximate surface area is 119 Å². The lowest BCUT2D eigenvalue weighted by Gasteiger charge is -2.31. The van der Waals surface area contributed by atoms with Crippen LogP contribution in [0.4, 0.5) is 0 Å². The molecule has 0 aliphatic carbocycles. The maximum atomic E-state index is 6.00. The maximum absolute atomic E-state index is 6.00. The van der Waals surface area contributed by atoms with Gasteiger partial charge in [-0.25, -0.2) is 0 Å². The smallest absolute Gasteiger partial charge is 0.134 e. The van der Waals surface area contributed by atoms with Gasteiger partial charge in [0.2, 0.25) is 0 Å². The van der Waals surface area contributed by atoms with Gasteiger partial charge in [0.25, 0.3) is 0 Å². The van der Waals surface area contributed by atoms with E-state index in [0.29, 0.717) is 12.6 Å². The predicted octanol–water partition coefficient (Wildman–Crippen LogP) is 2.50. The van der Waals surface area contributed by atoms with Gasteiger partial charge in [0.05, 0.1) is 12.6 Å². The number of hydrogen-bond donors (Lipinski definition) is 1. The Morgan fingerprint density at radius 3 is 3.05 bits per heavy atom. The SMILES string of the molecule is COC1CCCN(Cc2oc3ccccc3c2CN)C1. The van der Waals surface area contributed by atoms with E-state index in [4.69, 9.17) is 14.9 Å². The first kappa shape index (κ1) is 13.6. The molecule has 1 unspecified atom stereocenters. The topological polar surface area (TPSA) is 51.6 Å². The van der Waals surface area contributed by atoms with Crippen LogP contribution < -0.4 is 5.73 Å². The molecule has 20 heavy (non-hydrogen) atoms. The van der Waals surface area contributed by atoms with E-state index in [9.17, 15) is 0 Å². The highest BCUT2D eigenvalue weighted by Crippen LogP contribution is 2.27. The summed E-state index contributed by atoms with van der Waals surface area (Å²) in [6, 6.07) is 8.12. The summed E-state index contributed by atoms with van der Waals surface area (Å²) in [6.45, 7) is 3.41. The second-order valence-electron chi connectivity index (χ2n) is 5.44. The van der Waals surface area contributed by atoms with E-state index < -0.39 is 0 Å². The van der Waals surface area contributed by atoms with Crippen molar-refractivity contribution < 1.29 is 9.15 Å². The van der Waals surface area contributed by atoms with Crippen LogP contribution in [0.1, 0.15) is 24.2 Å². The molecule has 1 fully saturated rings. The standard InChI is InChI=1S/C16H22N2O2/c1-19-12-5-4-8-18(10-12)11-16-14(9-17)13-6-2-3-7-15(13)20-16/h2-3,6-7,12H,4-5,8-11,17H2,1H3. The summed E-state index contributed by atoms with van der Waals surface area (Å²) in [6.07, 6.45) is 2.67. The number of benzene rings is 1. The Morgan fingerprint density at radius 1 is 1.40 bits per heavy atom. The molecule has 1 aliphatic heterocycles. The zero-order chi connectivity index (χ0) is 13.9. The number of rotatable bonds is 4. The van der Waals surface area contributed by atoms with Crippen LogP contribution in [0.15, 0.2) is 28.7 Å². The Balaban J connectivity index is 1.83. The molecule has 4 heteroatoms. The monoisotopic (exact) mass is 274 g/mol. The summed E-state index contributed by atoms with van der Waals surface area (Å²) < 4.78 is 11.5. The van der Waals surface area contributed by atoms with E-state index in [2.05, 4.69) is 11.0 Å². The summed E-state index contributed by atoms with van der Waals surface area (Å²) in [5, 5.41) is 1.14. The molecule has 108 valence electrons. The first-order valence-corrected chi connectivity index (χ1v) is 7.26. The molecule has 2 heterocycles. The average molecular weight is 274 g/mol. The molecule has 1 atom stereocenters. The third-order valence-corrected chi connectivity index (χ3v) is 4.15. The zero-order valence-electron chi connectivity index (χ0n) is 12.0. The summed E-state index contributed by atoms with van der Waals surface area (Å²) in [7, 11) is 1.79. The van der Waals surface area contributed by atoms with Crippen molar-refractivity contribution in [1.82, 2.24) is 4.90 Å². The third-order valence-electron chi connectivity index (χ3n) is 4.15. The van der Waals surface area contributed by atoms with Crippen molar-refractivity contribution >= 4 is 11.0 Å². The molecular weight excluding hydrogens is 252 g/mol. The lowest BCUT2D eigenvalue weighted by Crippen LogP contribution is -2.38. The van der Waals surface area contributed by atoms with Gasteiger partial charge in [-0.05, 0) is 25.5 Å². The van der Waals surface area contributed by atoms with Gasteiger partial charge in [-0.1, -0.05) is 18.2 Å². The third kappa shape index (κ3) is 2.59. The van der Waals surface area contributed by atoms with Crippen molar-refractivity contribution in [3.63, 3.8) is 0 Å². The maximum Gasteiger partial charge on any atom is 0.134 e. The van der Waals surface area contributed by atoms with E-state index in [-0.39, 0.29) is 0 Å². The molecule has 0 saturated carbocycles. The first-order valence-electron chi connectivity index (χ1n) is 7.26. The van der Waals surface area contributed by atoms with Crippen molar-refractivity contribution in [2.75, 3.05) is 20.2 Å². The molecule has 4 nitrogen and oxygen atoms in total. The van der Waals surface area contributed by atoms with Crippen molar-refractivity contribution in [3.8, 4) is 0 Å². The van der Waals surface area contributed by atoms with Crippen LogP contribution in [0.25, 0.3) is 11.0 Å². The molecule has 0 bridgehead atoms. The minimum absolute atomic E-state index is 0.342. The van der Waals surface area contributed by atoms with Crippen LogP contribution in [-0.2, 0) is 17.8 Å². The number of piperidine rings is 1. The lowest BCUT2D eigenvalue weighted by atomic mass is 10.1. The van der Waals surface area contributed by atoms with Gasteiger partial charge in [-0.15, -0.1) is 0 Å². The number of furan rings is 1. The highest BCUT2D eigenvalue weighted by Gasteiger charge is 2.22. The second-order valence-corrected chi connectivity index (χ2v) is 5.44. The molecule has 1 saturated heterocycles. The summed E-state index contributed by atoms with van der Waals surface area (Å²) in [5.41, 5.74) is 7.99. The lowest BCUT2D eigenvalue weighted by molar-refractivity contribution is 0.0264. The van der Waals surface area contributed by atoms with E-state index >= 15 is 0 Å². The summed E-state index contributed by atoms with van der Waals surface area (Å²) >= 11 is 0. The first-order chi connectivity index (χ1) is 9.81. The summed E-state index contributed by atoms with van der Waals surface area (Å²) in [4.78, 5) is 2.40. The number of methoxy groups -OCH3 is 1. The molecule has 3 rings (SSSR count). The van der Waals surface area contributed by atoms with E-state index in [0.717, 1.165) is 48.3 Å². The fourth-order valence-electron chi connectivity index (χ4n) is 3.05. The van der Waals surface area contributed by atoms with Crippen LogP contribution in [0.2, 0.25) is 0 Å². The van der Waals surface area contributed by atoms with Gasteiger partial charge in [0.15, 0.2) is 0 Å². The molecule has 1 aliphatic rings. The van der Waals surface area contributed by atoms with Crippen molar-refractivity contribution in [1.29, 1.82) is 0 Å². The largest absolute Gasteiger partial charge is 0.459 e. The molecule has 1 aromatic carbocycles. The van der Waals surface area contributed by atoms with Crippen LogP contribution in [0.3, 0.4) is 0 Å². The van der Waals surface area contributed by atoms with Crippen molar-refractivity contribution in [2.24, 2.45) is 5.73 Å². The van der Waals surface area contributed by atoms with Crippen LogP contribution in [-0.4, -0.2) is 31.2 Å². The number of ether oxygens (including phenoxy) is 1. The normalized spacial score (nSPS) is 20.6. The highest BCUT2D eigenvalue weighted by atomic mass is 16.5. The molecule has 2 N–H and O–H groups in total. The van der Waals surface area contributed by atoms with E-state index in [1.165, 1.54) is 6.42 Å². The van der Waals surface area contributed by atoms with E-state index in [1.54, 1.807) is 7.11 Å². The van der Waals surface area contributed by atoms with Gasteiger partial charge in [-0.3, -0.25) is 4.90 Å². The minimum atomic E-state index is 0.342. The number of nitrogens with two attached hydrogens (primary N) is 1. The van der Waals surface area contributed by atoms with Crippen LogP contribution in [0, 0.1) is 0 Å². The molecule has 0 spiro atoms. The molecule has 1 aromatic heterocycles. The van der Waals surface area contributed by atoms with Crippen molar-refractivity contribution in [2.45, 2.75) is 32.0 Å². The van der Waals surface area contributed by atoms with Crippen LogP contribution >= 0.6 is 0 Å². The molecule has 2 aromatic rings. The number of hydrogen-bond acceptors (Lipinski definition) is 4. The van der Waals surface area contributed by atoms with Gasteiger partial charge >= 0.3 is 0 Å². The highest BCUT2D eigenvalue weighted by molar-refractivity contribution is 5.82. The Bertz CT molecular complexity index is 579. The van der Waals surface area contributed by atoms with Crippen molar-refractivity contribution in [3.05, 3.63) is 35.6 Å². The van der Waals surface area contributed by atoms with E-state index in [1.807, 2.05) is 18.2 Å². The van der Waals surface area contributed by atoms with Gasteiger partial charge in [-0.2, -0.15) is 0 Å². The Morgan fingerprint density at radius 2 is 2.25 bits per heavy atom. The fraction of sp³-hybridized carbons (Fsp3) is 0.500. The molecular formula is C16H22N2O2. The fourth-order valence-corrected chi connectivity index (χ4v) is 3.05. The van der Waals surface area contributed by atoms with Crippen LogP contribution in [0.5, 0.6) is 0 Å². The Kier molecular flexibility index (Phi) is 4.05. The molecule has 0 radical (unpaired) electrons. The number of nitrogens with zero attached hydrogens (tertiary/aromatic N) is 1. The quantitative estimate of drug-likeness (QED) is 0.930. The zero-order valence-corrected chi connectivity index (χ0v) is 12.0. The van der Waals surface area contributed by atoms with Gasteiger partial charge < -0.3 is 14.9 Å². The second kappa shape index (κ2) is 5.95. The number of likely N-dealkylation sites (tertiary alicyclic amines) is 1. The predicted molar refractivity (Wildman–Crippen MR) is 79.4 cm³/mol.